The number of ketones is 1. The fourth-order valence-corrected chi connectivity index (χ4v) is 4.15. The molecular formula is C26H27NO6. The van der Waals surface area contributed by atoms with E-state index in [0.29, 0.717) is 41.0 Å². The standard InChI is InChI=1S/C26H27NO6/c1-5-13-27-22(16-9-11-18(12-10-16)32-15(2)3)21(24(29)26(27)30)23(28)20-14-17-7-6-8-19(31-4)25(17)33-20/h6-12,14-15,22,29H,5,13H2,1-4H3. The second-order valence-corrected chi connectivity index (χ2v) is 8.22. The molecule has 0 bridgehead atoms. The minimum atomic E-state index is -0.729. The molecule has 0 fully saturated rings. The van der Waals surface area contributed by atoms with Gasteiger partial charge in [0.1, 0.15) is 5.75 Å². The van der Waals surface area contributed by atoms with Gasteiger partial charge in [-0.15, -0.1) is 0 Å². The average Bonchev–Trinajstić information content (AvgIpc) is 3.34. The Morgan fingerprint density at radius 3 is 2.55 bits per heavy atom. The van der Waals surface area contributed by atoms with Gasteiger partial charge in [0, 0.05) is 11.9 Å². The molecule has 1 unspecified atom stereocenters. The molecule has 0 saturated carbocycles. The van der Waals surface area contributed by atoms with Crippen LogP contribution in [0.15, 0.2) is 64.3 Å². The average molecular weight is 450 g/mol. The second-order valence-electron chi connectivity index (χ2n) is 8.22. The number of Topliss-reactive ketones (excluding diaryl/α,β-unsaturated/α-hetero) is 1. The van der Waals surface area contributed by atoms with E-state index in [-0.39, 0.29) is 17.4 Å². The first kappa shape index (κ1) is 22.5. The molecule has 7 heteroatoms. The van der Waals surface area contributed by atoms with Crippen LogP contribution in [0.25, 0.3) is 11.0 Å². The van der Waals surface area contributed by atoms with E-state index in [1.54, 1.807) is 36.4 Å². The molecule has 1 aliphatic heterocycles. The molecule has 0 saturated heterocycles. The molecule has 2 aromatic carbocycles. The van der Waals surface area contributed by atoms with E-state index >= 15 is 0 Å². The second kappa shape index (κ2) is 9.02. The summed E-state index contributed by atoms with van der Waals surface area (Å²) in [4.78, 5) is 28.0. The molecule has 7 nitrogen and oxygen atoms in total. The van der Waals surface area contributed by atoms with Crippen molar-refractivity contribution in [2.45, 2.75) is 39.3 Å². The van der Waals surface area contributed by atoms with Crippen molar-refractivity contribution in [3.05, 3.63) is 71.2 Å². The van der Waals surface area contributed by atoms with Gasteiger partial charge in [0.15, 0.2) is 22.9 Å². The molecule has 2 heterocycles. The molecule has 1 aliphatic rings. The van der Waals surface area contributed by atoms with Crippen LogP contribution in [-0.2, 0) is 4.79 Å². The lowest BCUT2D eigenvalue weighted by Crippen LogP contribution is -2.31. The Kier molecular flexibility index (Phi) is 6.14. The molecule has 1 N–H and O–H groups in total. The SMILES string of the molecule is CCCN1C(=O)C(O)=C(C(=O)c2cc3cccc(OC)c3o2)C1c1ccc(OC(C)C)cc1. The van der Waals surface area contributed by atoms with Crippen molar-refractivity contribution >= 4 is 22.7 Å². The zero-order valence-electron chi connectivity index (χ0n) is 19.1. The minimum absolute atomic E-state index is 0.00370. The molecule has 0 aliphatic carbocycles. The quantitative estimate of drug-likeness (QED) is 0.475. The van der Waals surface area contributed by atoms with E-state index in [0.717, 1.165) is 0 Å². The van der Waals surface area contributed by atoms with Crippen molar-refractivity contribution in [2.75, 3.05) is 13.7 Å². The zero-order valence-corrected chi connectivity index (χ0v) is 19.1. The highest BCUT2D eigenvalue weighted by Gasteiger charge is 2.44. The minimum Gasteiger partial charge on any atom is -0.503 e. The van der Waals surface area contributed by atoms with Crippen molar-refractivity contribution in [1.82, 2.24) is 4.90 Å². The Morgan fingerprint density at radius 2 is 1.91 bits per heavy atom. The number of hydrogen-bond acceptors (Lipinski definition) is 6. The lowest BCUT2D eigenvalue weighted by molar-refractivity contribution is -0.129. The van der Waals surface area contributed by atoms with Gasteiger partial charge in [-0.05, 0) is 50.1 Å². The molecule has 33 heavy (non-hydrogen) atoms. The fraction of sp³-hybridized carbons (Fsp3) is 0.308. The summed E-state index contributed by atoms with van der Waals surface area (Å²) in [6.45, 7) is 6.20. The Bertz CT molecular complexity index is 1220. The van der Waals surface area contributed by atoms with E-state index in [9.17, 15) is 14.7 Å². The van der Waals surface area contributed by atoms with Crippen molar-refractivity contribution in [2.24, 2.45) is 0 Å². The summed E-state index contributed by atoms with van der Waals surface area (Å²) in [6, 6.07) is 13.4. The van der Waals surface area contributed by atoms with Crippen LogP contribution < -0.4 is 9.47 Å². The number of para-hydroxylation sites is 1. The number of hydrogen-bond donors (Lipinski definition) is 1. The van der Waals surface area contributed by atoms with Gasteiger partial charge < -0.3 is 23.9 Å². The summed E-state index contributed by atoms with van der Waals surface area (Å²) >= 11 is 0. The topological polar surface area (TPSA) is 89.2 Å². The number of carbonyl (C=O) groups is 2. The lowest BCUT2D eigenvalue weighted by atomic mass is 9.95. The van der Waals surface area contributed by atoms with Crippen LogP contribution in [0.1, 0.15) is 49.4 Å². The van der Waals surface area contributed by atoms with Crippen molar-refractivity contribution < 1.29 is 28.6 Å². The largest absolute Gasteiger partial charge is 0.503 e. The fourth-order valence-electron chi connectivity index (χ4n) is 4.15. The third-order valence-electron chi connectivity index (χ3n) is 5.53. The van der Waals surface area contributed by atoms with Gasteiger partial charge >= 0.3 is 0 Å². The molecular weight excluding hydrogens is 422 g/mol. The van der Waals surface area contributed by atoms with Crippen LogP contribution in [0.4, 0.5) is 0 Å². The highest BCUT2D eigenvalue weighted by molar-refractivity contribution is 6.16. The summed E-state index contributed by atoms with van der Waals surface area (Å²) in [7, 11) is 1.52. The highest BCUT2D eigenvalue weighted by atomic mass is 16.5. The van der Waals surface area contributed by atoms with E-state index in [1.807, 2.05) is 32.9 Å². The molecule has 0 radical (unpaired) electrons. The Labute approximate surface area is 192 Å². The number of benzene rings is 2. The Balaban J connectivity index is 1.77. The van der Waals surface area contributed by atoms with Crippen molar-refractivity contribution in [3.8, 4) is 11.5 Å². The number of rotatable bonds is 8. The predicted octanol–water partition coefficient (Wildman–Crippen LogP) is 5.22. The molecule has 1 amide bonds. The highest BCUT2D eigenvalue weighted by Crippen LogP contribution is 2.40. The summed E-state index contributed by atoms with van der Waals surface area (Å²) in [6.07, 6.45) is 0.694. The van der Waals surface area contributed by atoms with Crippen LogP contribution in [0.5, 0.6) is 11.5 Å². The van der Waals surface area contributed by atoms with Crippen LogP contribution in [0, 0.1) is 0 Å². The van der Waals surface area contributed by atoms with Crippen LogP contribution >= 0.6 is 0 Å². The number of methoxy groups -OCH3 is 1. The maximum atomic E-state index is 13.6. The first-order valence-electron chi connectivity index (χ1n) is 11.0. The maximum absolute atomic E-state index is 13.6. The first-order valence-corrected chi connectivity index (χ1v) is 11.0. The van der Waals surface area contributed by atoms with E-state index in [4.69, 9.17) is 13.9 Å². The van der Waals surface area contributed by atoms with E-state index < -0.39 is 23.5 Å². The molecule has 0 spiro atoms. The summed E-state index contributed by atoms with van der Waals surface area (Å²) in [5.41, 5.74) is 1.14. The van der Waals surface area contributed by atoms with Gasteiger partial charge in [-0.25, -0.2) is 0 Å². The van der Waals surface area contributed by atoms with E-state index in [1.165, 1.54) is 12.0 Å². The number of aliphatic hydroxyl groups is 1. The number of aliphatic hydroxyl groups excluding tert-OH is 1. The summed E-state index contributed by atoms with van der Waals surface area (Å²) in [5.74, 6) is -0.435. The van der Waals surface area contributed by atoms with Crippen LogP contribution in [0.2, 0.25) is 0 Å². The molecule has 1 aromatic heterocycles. The molecule has 172 valence electrons. The normalized spacial score (nSPS) is 16.2. The van der Waals surface area contributed by atoms with Gasteiger partial charge in [-0.2, -0.15) is 0 Å². The van der Waals surface area contributed by atoms with Gasteiger partial charge in [0.25, 0.3) is 5.91 Å². The number of carbonyl (C=O) groups excluding carboxylic acids is 2. The number of furan rings is 1. The number of ether oxygens (including phenoxy) is 2. The monoisotopic (exact) mass is 449 g/mol. The Morgan fingerprint density at radius 1 is 1.18 bits per heavy atom. The lowest BCUT2D eigenvalue weighted by Gasteiger charge is -2.26. The summed E-state index contributed by atoms with van der Waals surface area (Å²) in [5, 5.41) is 11.4. The van der Waals surface area contributed by atoms with Crippen LogP contribution in [0.3, 0.4) is 0 Å². The number of amides is 1. The zero-order chi connectivity index (χ0) is 23.7. The van der Waals surface area contributed by atoms with Crippen LogP contribution in [-0.4, -0.2) is 41.5 Å². The van der Waals surface area contributed by atoms with Gasteiger partial charge in [-0.1, -0.05) is 31.2 Å². The van der Waals surface area contributed by atoms with Crippen molar-refractivity contribution in [3.63, 3.8) is 0 Å². The molecule has 1 atom stereocenters. The predicted molar refractivity (Wildman–Crippen MR) is 124 cm³/mol. The van der Waals surface area contributed by atoms with Crippen molar-refractivity contribution in [1.29, 1.82) is 0 Å². The maximum Gasteiger partial charge on any atom is 0.290 e. The molecule has 3 aromatic rings. The number of fused-ring (bicyclic) bond motifs is 1. The van der Waals surface area contributed by atoms with Gasteiger partial charge in [-0.3, -0.25) is 9.59 Å². The van der Waals surface area contributed by atoms with Gasteiger partial charge in [0.2, 0.25) is 5.78 Å². The molecule has 4 rings (SSSR count). The first-order chi connectivity index (χ1) is 15.8. The smallest absolute Gasteiger partial charge is 0.290 e. The third kappa shape index (κ3) is 4.06. The number of nitrogens with zero attached hydrogens (tertiary/aromatic N) is 1. The summed E-state index contributed by atoms with van der Waals surface area (Å²) < 4.78 is 16.9. The van der Waals surface area contributed by atoms with Gasteiger partial charge in [0.05, 0.1) is 24.8 Å². The Hall–Kier alpha value is -3.74. The van der Waals surface area contributed by atoms with E-state index in [2.05, 4.69) is 0 Å². The third-order valence-corrected chi connectivity index (χ3v) is 5.53.